The minimum atomic E-state index is -0.404. The molecule has 166 valence electrons. The average Bonchev–Trinajstić information content (AvgIpc) is 3.39. The molecule has 0 atom stereocenters. The molecule has 2 aliphatic rings. The number of hydrogen-bond donors (Lipinski definition) is 1. The topological polar surface area (TPSA) is 90.0 Å². The van der Waals surface area contributed by atoms with Gasteiger partial charge in [-0.2, -0.15) is 0 Å². The first kappa shape index (κ1) is 20.6. The van der Waals surface area contributed by atoms with Crippen LogP contribution in [0.15, 0.2) is 72.7 Å². The van der Waals surface area contributed by atoms with E-state index in [2.05, 4.69) is 10.3 Å². The van der Waals surface area contributed by atoms with Gasteiger partial charge in [0, 0.05) is 24.1 Å². The fourth-order valence-corrected chi connectivity index (χ4v) is 3.78. The number of pyridine rings is 1. The van der Waals surface area contributed by atoms with Crippen LogP contribution in [0.4, 0.5) is 5.69 Å². The van der Waals surface area contributed by atoms with Gasteiger partial charge in [0.2, 0.25) is 6.79 Å². The maximum Gasteiger partial charge on any atom is 0.278 e. The molecular weight excluding hydrogens is 422 g/mol. The van der Waals surface area contributed by atoms with Gasteiger partial charge in [-0.15, -0.1) is 0 Å². The predicted molar refractivity (Wildman–Crippen MR) is 121 cm³/mol. The van der Waals surface area contributed by atoms with Crippen molar-refractivity contribution in [2.24, 2.45) is 0 Å². The first-order valence-corrected chi connectivity index (χ1v) is 10.5. The fourth-order valence-electron chi connectivity index (χ4n) is 3.78. The summed E-state index contributed by atoms with van der Waals surface area (Å²) in [5.74, 6) is 1.13. The van der Waals surface area contributed by atoms with Crippen molar-refractivity contribution in [3.8, 4) is 17.2 Å². The molecule has 2 amide bonds. The smallest absolute Gasteiger partial charge is 0.278 e. The number of hydrogen-bond acceptors (Lipinski definition) is 7. The minimum Gasteiger partial charge on any atom is -0.494 e. The molecule has 3 aromatic rings. The van der Waals surface area contributed by atoms with Gasteiger partial charge in [-0.25, -0.2) is 0 Å². The summed E-state index contributed by atoms with van der Waals surface area (Å²) < 4.78 is 16.3. The van der Waals surface area contributed by atoms with Crippen molar-refractivity contribution in [1.29, 1.82) is 0 Å². The summed E-state index contributed by atoms with van der Waals surface area (Å²) in [4.78, 5) is 32.1. The molecule has 3 heterocycles. The standard InChI is InChI=1S/C25H21N3O5/c1-2-31-19-6-3-17(4-7-19)22-23(27-18-5-8-20-21(13-18)33-15-32-20)25(30)28(24(22)29)14-16-9-11-26-12-10-16/h3-13,27H,2,14-15H2,1H3. The number of nitrogens with zero attached hydrogens (tertiary/aromatic N) is 2. The third-order valence-corrected chi connectivity index (χ3v) is 5.35. The van der Waals surface area contributed by atoms with Gasteiger partial charge >= 0.3 is 0 Å². The van der Waals surface area contributed by atoms with Crippen molar-refractivity contribution < 1.29 is 23.8 Å². The van der Waals surface area contributed by atoms with Crippen molar-refractivity contribution in [2.75, 3.05) is 18.7 Å². The number of anilines is 1. The van der Waals surface area contributed by atoms with Gasteiger partial charge in [-0.05, 0) is 54.4 Å². The summed E-state index contributed by atoms with van der Waals surface area (Å²) >= 11 is 0. The van der Waals surface area contributed by atoms with E-state index in [9.17, 15) is 9.59 Å². The number of nitrogens with one attached hydrogen (secondary N) is 1. The molecule has 1 aromatic heterocycles. The van der Waals surface area contributed by atoms with Gasteiger partial charge < -0.3 is 19.5 Å². The second-order valence-corrected chi connectivity index (χ2v) is 7.45. The zero-order valence-electron chi connectivity index (χ0n) is 17.9. The Bertz CT molecular complexity index is 1240. The number of fused-ring (bicyclic) bond motifs is 1. The summed E-state index contributed by atoms with van der Waals surface area (Å²) in [5.41, 5.74) is 2.55. The van der Waals surface area contributed by atoms with Crippen LogP contribution < -0.4 is 19.5 Å². The van der Waals surface area contributed by atoms with Crippen molar-refractivity contribution in [3.63, 3.8) is 0 Å². The molecule has 0 bridgehead atoms. The quantitative estimate of drug-likeness (QED) is 0.558. The largest absolute Gasteiger partial charge is 0.494 e. The van der Waals surface area contributed by atoms with Gasteiger partial charge in [0.1, 0.15) is 11.4 Å². The second kappa shape index (κ2) is 8.66. The zero-order valence-corrected chi connectivity index (χ0v) is 17.9. The lowest BCUT2D eigenvalue weighted by atomic mass is 10.0. The highest BCUT2D eigenvalue weighted by molar-refractivity contribution is 6.36. The molecule has 0 aliphatic carbocycles. The molecule has 8 heteroatoms. The number of aromatic nitrogens is 1. The van der Waals surface area contributed by atoms with Crippen LogP contribution in [0.25, 0.3) is 5.57 Å². The Morgan fingerprint density at radius 3 is 2.48 bits per heavy atom. The van der Waals surface area contributed by atoms with Gasteiger partial charge in [-0.3, -0.25) is 19.5 Å². The summed E-state index contributed by atoms with van der Waals surface area (Å²) in [6.45, 7) is 2.74. The number of ether oxygens (including phenoxy) is 3. The number of rotatable bonds is 7. The predicted octanol–water partition coefficient (Wildman–Crippen LogP) is 3.60. The number of imide groups is 1. The van der Waals surface area contributed by atoms with E-state index in [1.807, 2.05) is 6.92 Å². The third kappa shape index (κ3) is 3.98. The SMILES string of the molecule is CCOc1ccc(C2=C(Nc3ccc4c(c3)OCO4)C(=O)N(Cc3ccncc3)C2=O)cc1. The maximum atomic E-state index is 13.4. The van der Waals surface area contributed by atoms with E-state index >= 15 is 0 Å². The third-order valence-electron chi connectivity index (χ3n) is 5.35. The van der Waals surface area contributed by atoms with Gasteiger partial charge in [-0.1, -0.05) is 12.1 Å². The summed E-state index contributed by atoms with van der Waals surface area (Å²) in [6, 6.07) is 16.0. The normalized spacial score (nSPS) is 14.8. The fraction of sp³-hybridized carbons (Fsp3) is 0.160. The molecule has 0 spiro atoms. The summed E-state index contributed by atoms with van der Waals surface area (Å²) in [6.07, 6.45) is 3.26. The van der Waals surface area contributed by atoms with E-state index in [4.69, 9.17) is 14.2 Å². The summed E-state index contributed by atoms with van der Waals surface area (Å²) in [7, 11) is 0. The first-order valence-electron chi connectivity index (χ1n) is 10.5. The molecule has 0 unspecified atom stereocenters. The van der Waals surface area contributed by atoms with Crippen LogP contribution in [0.1, 0.15) is 18.1 Å². The Morgan fingerprint density at radius 2 is 1.73 bits per heavy atom. The monoisotopic (exact) mass is 443 g/mol. The van der Waals surface area contributed by atoms with E-state index in [-0.39, 0.29) is 24.9 Å². The van der Waals surface area contributed by atoms with Gasteiger partial charge in [0.05, 0.1) is 18.7 Å². The Morgan fingerprint density at radius 1 is 0.970 bits per heavy atom. The number of carbonyl (C=O) groups excluding carboxylic acids is 2. The molecule has 33 heavy (non-hydrogen) atoms. The molecule has 0 fully saturated rings. The minimum absolute atomic E-state index is 0.146. The Kier molecular flexibility index (Phi) is 5.40. The maximum absolute atomic E-state index is 13.4. The van der Waals surface area contributed by atoms with Crippen molar-refractivity contribution in [3.05, 3.63) is 83.8 Å². The zero-order chi connectivity index (χ0) is 22.8. The number of carbonyl (C=O) groups is 2. The van der Waals surface area contributed by atoms with Gasteiger partial charge in [0.25, 0.3) is 11.8 Å². The highest BCUT2D eigenvalue weighted by atomic mass is 16.7. The Balaban J connectivity index is 1.52. The van der Waals surface area contributed by atoms with Crippen molar-refractivity contribution in [2.45, 2.75) is 13.5 Å². The van der Waals surface area contributed by atoms with Crippen molar-refractivity contribution in [1.82, 2.24) is 9.88 Å². The summed E-state index contributed by atoms with van der Waals surface area (Å²) in [5, 5.41) is 3.14. The Labute approximate surface area is 190 Å². The molecule has 1 N–H and O–H groups in total. The molecule has 0 radical (unpaired) electrons. The first-order chi connectivity index (χ1) is 16.1. The molecule has 0 saturated carbocycles. The lowest BCUT2D eigenvalue weighted by Crippen LogP contribution is -2.32. The molecular formula is C25H21N3O5. The van der Waals surface area contributed by atoms with Crippen molar-refractivity contribution >= 4 is 23.1 Å². The molecule has 0 saturated heterocycles. The van der Waals surface area contributed by atoms with Crippen LogP contribution in [-0.4, -0.2) is 35.1 Å². The highest BCUT2D eigenvalue weighted by Crippen LogP contribution is 2.37. The molecule has 2 aliphatic heterocycles. The van der Waals surface area contributed by atoms with Crippen LogP contribution in [0.2, 0.25) is 0 Å². The van der Waals surface area contributed by atoms with Gasteiger partial charge in [0.15, 0.2) is 11.5 Å². The van der Waals surface area contributed by atoms with E-state index < -0.39 is 5.91 Å². The lowest BCUT2D eigenvalue weighted by molar-refractivity contribution is -0.137. The molecule has 5 rings (SSSR count). The van der Waals surface area contributed by atoms with E-state index in [0.29, 0.717) is 40.7 Å². The van der Waals surface area contributed by atoms with Crippen LogP contribution in [0.5, 0.6) is 17.2 Å². The lowest BCUT2D eigenvalue weighted by Gasteiger charge is -2.15. The highest BCUT2D eigenvalue weighted by Gasteiger charge is 2.39. The van der Waals surface area contributed by atoms with E-state index in [1.54, 1.807) is 67.0 Å². The second-order valence-electron chi connectivity index (χ2n) is 7.45. The average molecular weight is 443 g/mol. The van der Waals surface area contributed by atoms with Crippen LogP contribution in [0, 0.1) is 0 Å². The number of benzene rings is 2. The molecule has 8 nitrogen and oxygen atoms in total. The Hall–Kier alpha value is -4.33. The molecule has 2 aromatic carbocycles. The number of amides is 2. The van der Waals surface area contributed by atoms with E-state index in [0.717, 1.165) is 5.56 Å². The van der Waals surface area contributed by atoms with Crippen LogP contribution in [0.3, 0.4) is 0 Å². The van der Waals surface area contributed by atoms with Crippen LogP contribution in [-0.2, 0) is 16.1 Å². The van der Waals surface area contributed by atoms with Crippen LogP contribution >= 0.6 is 0 Å². The van der Waals surface area contributed by atoms with E-state index in [1.165, 1.54) is 4.90 Å².